The molecular weight excluding hydrogens is 304 g/mol. The van der Waals surface area contributed by atoms with E-state index >= 15 is 0 Å². The molecule has 0 saturated carbocycles. The molecule has 1 saturated heterocycles. The number of carbonyl (C=O) groups is 2. The zero-order chi connectivity index (χ0) is 17.2. The predicted octanol–water partition coefficient (Wildman–Crippen LogP) is 1.93. The number of cyclic esters (lactones) is 2. The van der Waals surface area contributed by atoms with E-state index < -0.39 is 17.7 Å². The van der Waals surface area contributed by atoms with Crippen LogP contribution in [0.4, 0.5) is 0 Å². The number of hydrogen-bond donors (Lipinski definition) is 0. The molecule has 1 aliphatic heterocycles. The van der Waals surface area contributed by atoms with Gasteiger partial charge in [-0.15, -0.1) is 0 Å². The summed E-state index contributed by atoms with van der Waals surface area (Å²) in [6.45, 7) is 2.96. The van der Waals surface area contributed by atoms with Gasteiger partial charge in [-0.1, -0.05) is 0 Å². The van der Waals surface area contributed by atoms with Gasteiger partial charge < -0.3 is 23.7 Å². The average Bonchev–Trinajstić information content (AvgIpc) is 2.49. The fourth-order valence-electron chi connectivity index (χ4n) is 2.10. The Kier molecular flexibility index (Phi) is 4.49. The first-order valence-electron chi connectivity index (χ1n) is 6.79. The van der Waals surface area contributed by atoms with Gasteiger partial charge >= 0.3 is 11.9 Å². The predicted molar refractivity (Wildman–Crippen MR) is 80.3 cm³/mol. The van der Waals surface area contributed by atoms with Crippen LogP contribution in [-0.4, -0.2) is 39.1 Å². The van der Waals surface area contributed by atoms with Gasteiger partial charge in [0.25, 0.3) is 5.79 Å². The largest absolute Gasteiger partial charge is 0.496 e. The Morgan fingerprint density at radius 2 is 1.39 bits per heavy atom. The lowest BCUT2D eigenvalue weighted by Crippen LogP contribution is -2.41. The van der Waals surface area contributed by atoms with Crippen LogP contribution in [0, 0.1) is 0 Å². The van der Waals surface area contributed by atoms with Gasteiger partial charge in [-0.05, 0) is 6.08 Å². The smallest absolute Gasteiger partial charge is 0.348 e. The second-order valence-corrected chi connectivity index (χ2v) is 5.18. The van der Waals surface area contributed by atoms with E-state index in [0.29, 0.717) is 22.8 Å². The minimum atomic E-state index is -1.29. The maximum Gasteiger partial charge on any atom is 0.348 e. The van der Waals surface area contributed by atoms with Crippen molar-refractivity contribution in [3.8, 4) is 17.2 Å². The molecule has 124 valence electrons. The Hall–Kier alpha value is -2.70. The highest BCUT2D eigenvalue weighted by Crippen LogP contribution is 2.36. The number of methoxy groups -OCH3 is 3. The highest BCUT2D eigenvalue weighted by Gasteiger charge is 2.39. The molecule has 0 aliphatic carbocycles. The van der Waals surface area contributed by atoms with E-state index in [1.807, 2.05) is 0 Å². The molecule has 0 aromatic heterocycles. The lowest BCUT2D eigenvalue weighted by Gasteiger charge is -2.29. The summed E-state index contributed by atoms with van der Waals surface area (Å²) in [6, 6.07) is 3.22. The van der Waals surface area contributed by atoms with Crippen molar-refractivity contribution in [3.63, 3.8) is 0 Å². The number of esters is 2. The van der Waals surface area contributed by atoms with Crippen molar-refractivity contribution in [2.24, 2.45) is 0 Å². The molecule has 1 aliphatic rings. The minimum Gasteiger partial charge on any atom is -0.496 e. The molecule has 0 atom stereocenters. The average molecular weight is 322 g/mol. The lowest BCUT2D eigenvalue weighted by atomic mass is 10.1. The molecule has 7 nitrogen and oxygen atoms in total. The van der Waals surface area contributed by atoms with Gasteiger partial charge in [0.05, 0.1) is 26.9 Å². The van der Waals surface area contributed by atoms with Crippen LogP contribution in [0.15, 0.2) is 17.7 Å². The van der Waals surface area contributed by atoms with Crippen LogP contribution in [0.3, 0.4) is 0 Å². The van der Waals surface area contributed by atoms with Gasteiger partial charge in [0.2, 0.25) is 0 Å². The summed E-state index contributed by atoms with van der Waals surface area (Å²) >= 11 is 0. The minimum absolute atomic E-state index is 0.244. The van der Waals surface area contributed by atoms with Crippen LogP contribution in [0.5, 0.6) is 17.2 Å². The summed E-state index contributed by atoms with van der Waals surface area (Å²) in [5.74, 6) is -1.58. The van der Waals surface area contributed by atoms with E-state index in [2.05, 4.69) is 0 Å². The van der Waals surface area contributed by atoms with Gasteiger partial charge in [-0.25, -0.2) is 9.59 Å². The quantitative estimate of drug-likeness (QED) is 0.476. The van der Waals surface area contributed by atoms with Crippen LogP contribution < -0.4 is 14.2 Å². The van der Waals surface area contributed by atoms with Crippen molar-refractivity contribution in [2.75, 3.05) is 21.3 Å². The zero-order valence-corrected chi connectivity index (χ0v) is 13.6. The second kappa shape index (κ2) is 6.20. The van der Waals surface area contributed by atoms with Crippen molar-refractivity contribution in [1.29, 1.82) is 0 Å². The zero-order valence-electron chi connectivity index (χ0n) is 13.6. The summed E-state index contributed by atoms with van der Waals surface area (Å²) in [5, 5.41) is 0. The van der Waals surface area contributed by atoms with E-state index in [1.54, 1.807) is 12.1 Å². The Labute approximate surface area is 133 Å². The first-order chi connectivity index (χ1) is 10.8. The molecular formula is C16H18O7. The normalized spacial score (nSPS) is 16.3. The highest BCUT2D eigenvalue weighted by atomic mass is 16.7. The third-order valence-corrected chi connectivity index (χ3v) is 3.16. The van der Waals surface area contributed by atoms with E-state index in [-0.39, 0.29) is 5.57 Å². The molecule has 0 N–H and O–H groups in total. The fraction of sp³-hybridized carbons (Fsp3) is 0.375. The molecule has 1 fully saturated rings. The molecule has 1 aromatic carbocycles. The maximum absolute atomic E-state index is 12.0. The van der Waals surface area contributed by atoms with Crippen molar-refractivity contribution >= 4 is 18.0 Å². The number of ether oxygens (including phenoxy) is 5. The number of benzene rings is 1. The Balaban J connectivity index is 2.54. The summed E-state index contributed by atoms with van der Waals surface area (Å²) in [6.07, 6.45) is 1.32. The van der Waals surface area contributed by atoms with Gasteiger partial charge in [0.1, 0.15) is 22.8 Å². The third kappa shape index (κ3) is 3.39. The standard InChI is InChI=1S/C16H18O7/c1-16(2)22-14(17)11(15(18)23-16)8-10-12(20-4)6-9(19-3)7-13(10)21-5/h6-8H,1-5H3. The monoisotopic (exact) mass is 322 g/mol. The third-order valence-electron chi connectivity index (χ3n) is 3.16. The van der Waals surface area contributed by atoms with Crippen LogP contribution in [0.25, 0.3) is 6.08 Å². The van der Waals surface area contributed by atoms with Gasteiger partial charge in [0.15, 0.2) is 0 Å². The molecule has 0 spiro atoms. The molecule has 0 amide bonds. The Morgan fingerprint density at radius 1 is 0.913 bits per heavy atom. The SMILES string of the molecule is COc1cc(OC)c(C=C2C(=O)OC(C)(C)OC2=O)c(OC)c1. The van der Waals surface area contributed by atoms with Crippen molar-refractivity contribution < 1.29 is 33.3 Å². The van der Waals surface area contributed by atoms with Gasteiger partial charge in [-0.2, -0.15) is 0 Å². The molecule has 1 heterocycles. The molecule has 0 unspecified atom stereocenters. The number of rotatable bonds is 4. The Bertz CT molecular complexity index is 626. The van der Waals surface area contributed by atoms with Crippen LogP contribution in [0.2, 0.25) is 0 Å². The van der Waals surface area contributed by atoms with Crippen molar-refractivity contribution in [2.45, 2.75) is 19.6 Å². The molecule has 1 aromatic rings. The second-order valence-electron chi connectivity index (χ2n) is 5.18. The Morgan fingerprint density at radius 3 is 1.78 bits per heavy atom. The molecule has 7 heteroatoms. The summed E-state index contributed by atoms with van der Waals surface area (Å²) in [4.78, 5) is 24.1. The molecule has 23 heavy (non-hydrogen) atoms. The van der Waals surface area contributed by atoms with Crippen LogP contribution in [-0.2, 0) is 19.1 Å². The summed E-state index contributed by atoms with van der Waals surface area (Å²) < 4.78 is 25.8. The summed E-state index contributed by atoms with van der Waals surface area (Å²) in [7, 11) is 4.41. The molecule has 0 radical (unpaired) electrons. The van der Waals surface area contributed by atoms with Crippen LogP contribution >= 0.6 is 0 Å². The van der Waals surface area contributed by atoms with Crippen molar-refractivity contribution in [3.05, 3.63) is 23.3 Å². The van der Waals surface area contributed by atoms with E-state index in [9.17, 15) is 9.59 Å². The van der Waals surface area contributed by atoms with Crippen molar-refractivity contribution in [1.82, 2.24) is 0 Å². The highest BCUT2D eigenvalue weighted by molar-refractivity contribution is 6.19. The van der Waals surface area contributed by atoms with Crippen LogP contribution in [0.1, 0.15) is 19.4 Å². The molecule has 0 bridgehead atoms. The van der Waals surface area contributed by atoms with E-state index in [1.165, 1.54) is 41.3 Å². The maximum atomic E-state index is 12.0. The van der Waals surface area contributed by atoms with Gasteiger partial charge in [0, 0.05) is 26.0 Å². The number of hydrogen-bond acceptors (Lipinski definition) is 7. The fourth-order valence-corrected chi connectivity index (χ4v) is 2.10. The first-order valence-corrected chi connectivity index (χ1v) is 6.79. The summed E-state index contributed by atoms with van der Waals surface area (Å²) in [5.41, 5.74) is 0.158. The topological polar surface area (TPSA) is 80.3 Å². The van der Waals surface area contributed by atoms with E-state index in [0.717, 1.165) is 0 Å². The van der Waals surface area contributed by atoms with Gasteiger partial charge in [-0.3, -0.25) is 0 Å². The first kappa shape index (κ1) is 16.7. The number of carbonyl (C=O) groups excluding carboxylic acids is 2. The molecule has 2 rings (SSSR count). The van der Waals surface area contributed by atoms with E-state index in [4.69, 9.17) is 23.7 Å². The lowest BCUT2D eigenvalue weighted by molar-refractivity contribution is -0.222.